The number of hydrogen-bond acceptors (Lipinski definition) is 8. The number of amides is 2. The molecule has 1 unspecified atom stereocenters. The second kappa shape index (κ2) is 6.89. The second-order valence-corrected chi connectivity index (χ2v) is 6.93. The molecule has 4 rings (SSSR count). The summed E-state index contributed by atoms with van der Waals surface area (Å²) in [7, 11) is 1.56. The number of ether oxygens (including phenoxy) is 3. The Morgan fingerprint density at radius 1 is 1.38 bits per heavy atom. The lowest BCUT2D eigenvalue weighted by Gasteiger charge is -2.16. The third-order valence-corrected chi connectivity index (χ3v) is 4.94. The lowest BCUT2D eigenvalue weighted by atomic mass is 10.1. The van der Waals surface area contributed by atoms with Crippen LogP contribution in [0.3, 0.4) is 0 Å². The summed E-state index contributed by atoms with van der Waals surface area (Å²) in [6.45, 7) is 0.812. The molecule has 1 aromatic heterocycles. The van der Waals surface area contributed by atoms with Gasteiger partial charge in [0.15, 0.2) is 11.5 Å². The topological polar surface area (TPSA) is 103 Å². The van der Waals surface area contributed by atoms with Crippen molar-refractivity contribution >= 4 is 34.0 Å². The van der Waals surface area contributed by atoms with E-state index in [2.05, 4.69) is 15.5 Å². The van der Waals surface area contributed by atoms with E-state index in [0.29, 0.717) is 40.5 Å². The van der Waals surface area contributed by atoms with E-state index in [0.717, 1.165) is 0 Å². The van der Waals surface area contributed by atoms with E-state index in [1.807, 2.05) is 0 Å². The third-order valence-electron chi connectivity index (χ3n) is 4.13. The minimum Gasteiger partial charge on any atom is -0.454 e. The highest BCUT2D eigenvalue weighted by Gasteiger charge is 2.36. The van der Waals surface area contributed by atoms with Gasteiger partial charge >= 0.3 is 0 Å². The zero-order chi connectivity index (χ0) is 18.1. The summed E-state index contributed by atoms with van der Waals surface area (Å²) in [6, 6.07) is 5.30. The van der Waals surface area contributed by atoms with Crippen molar-refractivity contribution in [1.82, 2.24) is 10.2 Å². The summed E-state index contributed by atoms with van der Waals surface area (Å²) in [6.07, 6.45) is 0.143. The molecule has 3 heterocycles. The molecule has 0 saturated carbocycles. The Labute approximate surface area is 152 Å². The fourth-order valence-corrected chi connectivity index (χ4v) is 3.59. The minimum absolute atomic E-state index is 0.110. The van der Waals surface area contributed by atoms with Gasteiger partial charge in [-0.25, -0.2) is 0 Å². The number of carbonyl (C=O) groups is 2. The molecule has 2 aliphatic rings. The van der Waals surface area contributed by atoms with Crippen molar-refractivity contribution in [2.75, 3.05) is 30.7 Å². The first-order valence-electron chi connectivity index (χ1n) is 7.96. The Hall–Kier alpha value is -2.72. The van der Waals surface area contributed by atoms with E-state index in [-0.39, 0.29) is 25.0 Å². The van der Waals surface area contributed by atoms with Crippen LogP contribution in [0.25, 0.3) is 0 Å². The largest absolute Gasteiger partial charge is 0.454 e. The Kier molecular flexibility index (Phi) is 4.43. The smallest absolute Gasteiger partial charge is 0.231 e. The number of nitrogens with zero attached hydrogens (tertiary/aromatic N) is 3. The van der Waals surface area contributed by atoms with Gasteiger partial charge in [-0.15, -0.1) is 10.2 Å². The van der Waals surface area contributed by atoms with Crippen LogP contribution < -0.4 is 19.7 Å². The lowest BCUT2D eigenvalue weighted by Crippen LogP contribution is -2.28. The molecule has 1 fully saturated rings. The standard InChI is InChI=1S/C16H16N4O5S/c1-23-7-13-18-19-16(26-13)17-15(22)9-4-14(21)20(6-9)10-2-3-11-12(5-10)25-8-24-11/h2-3,5,9H,4,6-8H2,1H3,(H,17,19,22). The number of anilines is 2. The van der Waals surface area contributed by atoms with Crippen molar-refractivity contribution in [2.24, 2.45) is 5.92 Å². The van der Waals surface area contributed by atoms with Crippen LogP contribution in [0.1, 0.15) is 11.4 Å². The van der Waals surface area contributed by atoms with Crippen molar-refractivity contribution in [2.45, 2.75) is 13.0 Å². The monoisotopic (exact) mass is 376 g/mol. The fraction of sp³-hybridized carbons (Fsp3) is 0.375. The fourth-order valence-electron chi connectivity index (χ4n) is 2.88. The maximum absolute atomic E-state index is 12.5. The van der Waals surface area contributed by atoms with E-state index < -0.39 is 5.92 Å². The van der Waals surface area contributed by atoms with Gasteiger partial charge in [0.05, 0.1) is 5.92 Å². The van der Waals surface area contributed by atoms with E-state index in [4.69, 9.17) is 14.2 Å². The van der Waals surface area contributed by atoms with Gasteiger partial charge in [-0.05, 0) is 12.1 Å². The average Bonchev–Trinajstić information content (AvgIpc) is 3.34. The summed E-state index contributed by atoms with van der Waals surface area (Å²) in [4.78, 5) is 26.4. The highest BCUT2D eigenvalue weighted by molar-refractivity contribution is 7.15. The quantitative estimate of drug-likeness (QED) is 0.841. The summed E-state index contributed by atoms with van der Waals surface area (Å²) < 4.78 is 15.6. The van der Waals surface area contributed by atoms with E-state index in [1.165, 1.54) is 11.3 Å². The van der Waals surface area contributed by atoms with Crippen LogP contribution in [0.5, 0.6) is 11.5 Å². The van der Waals surface area contributed by atoms with Crippen LogP contribution in [0.15, 0.2) is 18.2 Å². The molecule has 1 saturated heterocycles. The number of fused-ring (bicyclic) bond motifs is 1. The number of benzene rings is 1. The highest BCUT2D eigenvalue weighted by atomic mass is 32.1. The molecule has 2 aliphatic heterocycles. The van der Waals surface area contributed by atoms with Crippen LogP contribution in [0.2, 0.25) is 0 Å². The van der Waals surface area contributed by atoms with Gasteiger partial charge in [0, 0.05) is 31.8 Å². The maximum Gasteiger partial charge on any atom is 0.231 e. The number of nitrogens with one attached hydrogen (secondary N) is 1. The van der Waals surface area contributed by atoms with E-state index >= 15 is 0 Å². The second-order valence-electron chi connectivity index (χ2n) is 5.87. The van der Waals surface area contributed by atoms with Crippen molar-refractivity contribution in [3.8, 4) is 11.5 Å². The molecule has 0 radical (unpaired) electrons. The molecule has 1 aromatic carbocycles. The van der Waals surface area contributed by atoms with Gasteiger partial charge in [-0.3, -0.25) is 9.59 Å². The number of rotatable bonds is 5. The summed E-state index contributed by atoms with van der Waals surface area (Å²) in [5, 5.41) is 11.6. The molecule has 2 amide bonds. The zero-order valence-corrected chi connectivity index (χ0v) is 14.7. The first-order valence-corrected chi connectivity index (χ1v) is 8.78. The number of carbonyl (C=O) groups excluding carboxylic acids is 2. The minimum atomic E-state index is -0.456. The summed E-state index contributed by atoms with van der Waals surface area (Å²) in [5.74, 6) is 0.436. The van der Waals surface area contributed by atoms with Gasteiger partial charge in [0.25, 0.3) is 0 Å². The van der Waals surface area contributed by atoms with Crippen molar-refractivity contribution in [3.05, 3.63) is 23.2 Å². The number of aromatic nitrogens is 2. The molecule has 2 aromatic rings. The summed E-state index contributed by atoms with van der Waals surface area (Å²) >= 11 is 1.25. The molecule has 136 valence electrons. The maximum atomic E-state index is 12.5. The third kappa shape index (κ3) is 3.20. The molecule has 1 N–H and O–H groups in total. The van der Waals surface area contributed by atoms with Gasteiger partial charge in [0.1, 0.15) is 11.6 Å². The van der Waals surface area contributed by atoms with Crippen LogP contribution in [-0.2, 0) is 20.9 Å². The predicted octanol–water partition coefficient (Wildman–Crippen LogP) is 1.40. The molecule has 9 nitrogen and oxygen atoms in total. The first kappa shape index (κ1) is 16.7. The van der Waals surface area contributed by atoms with Gasteiger partial charge < -0.3 is 24.4 Å². The van der Waals surface area contributed by atoms with Gasteiger partial charge in [-0.1, -0.05) is 11.3 Å². The molecule has 0 aliphatic carbocycles. The first-order chi connectivity index (χ1) is 12.6. The zero-order valence-electron chi connectivity index (χ0n) is 13.9. The van der Waals surface area contributed by atoms with Crippen LogP contribution >= 0.6 is 11.3 Å². The molecule has 1 atom stereocenters. The van der Waals surface area contributed by atoms with E-state index in [1.54, 1.807) is 30.2 Å². The average molecular weight is 376 g/mol. The molecule has 0 bridgehead atoms. The Morgan fingerprint density at radius 2 is 2.23 bits per heavy atom. The number of methoxy groups -OCH3 is 1. The van der Waals surface area contributed by atoms with Crippen molar-refractivity contribution in [1.29, 1.82) is 0 Å². The number of hydrogen-bond donors (Lipinski definition) is 1. The summed E-state index contributed by atoms with van der Waals surface area (Å²) in [5.41, 5.74) is 0.688. The Morgan fingerprint density at radius 3 is 3.08 bits per heavy atom. The van der Waals surface area contributed by atoms with Gasteiger partial charge in [0.2, 0.25) is 23.7 Å². The van der Waals surface area contributed by atoms with Crippen LogP contribution in [0, 0.1) is 5.92 Å². The Bertz CT molecular complexity index is 855. The van der Waals surface area contributed by atoms with E-state index in [9.17, 15) is 9.59 Å². The van der Waals surface area contributed by atoms with Crippen molar-refractivity contribution < 1.29 is 23.8 Å². The lowest BCUT2D eigenvalue weighted by molar-refractivity contribution is -0.122. The van der Waals surface area contributed by atoms with Crippen molar-refractivity contribution in [3.63, 3.8) is 0 Å². The predicted molar refractivity (Wildman–Crippen MR) is 92.3 cm³/mol. The van der Waals surface area contributed by atoms with Crippen LogP contribution in [-0.4, -0.2) is 42.5 Å². The van der Waals surface area contributed by atoms with Crippen LogP contribution in [0.4, 0.5) is 10.8 Å². The van der Waals surface area contributed by atoms with Gasteiger partial charge in [-0.2, -0.15) is 0 Å². The molecule has 10 heteroatoms. The Balaban J connectivity index is 1.42. The molecular formula is C16H16N4O5S. The highest BCUT2D eigenvalue weighted by Crippen LogP contribution is 2.37. The molecule has 0 spiro atoms. The SMILES string of the molecule is COCc1nnc(NC(=O)C2CC(=O)N(c3ccc4c(c3)OCO4)C2)s1. The molecule has 26 heavy (non-hydrogen) atoms. The normalized spacial score (nSPS) is 18.4. The molecular weight excluding hydrogens is 360 g/mol.